The van der Waals surface area contributed by atoms with Gasteiger partial charge in [-0.2, -0.15) is 0 Å². The molecule has 0 spiro atoms. The third-order valence-electron chi connectivity index (χ3n) is 3.29. The minimum atomic E-state index is -4.00. The van der Waals surface area contributed by atoms with Crippen molar-refractivity contribution in [2.24, 2.45) is 0 Å². The summed E-state index contributed by atoms with van der Waals surface area (Å²) in [6.07, 6.45) is 1.52. The van der Waals surface area contributed by atoms with E-state index in [9.17, 15) is 13.2 Å². The average Bonchev–Trinajstić information content (AvgIpc) is 2.34. The zero-order valence-electron chi connectivity index (χ0n) is 10.9. The molecule has 1 aromatic carbocycles. The Morgan fingerprint density at radius 2 is 1.95 bits per heavy atom. The molecule has 116 valence electrons. The lowest BCUT2D eigenvalue weighted by molar-refractivity contribution is 0.0176. The van der Waals surface area contributed by atoms with Gasteiger partial charge in [0.1, 0.15) is 0 Å². The standard InChI is InChI=1S/C12H12Cl3NO4S/c1-20-7-2-6(3-7)16-12(17)9-4-8(21(15,18)19)5-10(13)11(9)14/h4-7H,2-3H2,1H3,(H,16,17). The molecular formula is C12H12Cl3NO4S. The Balaban J connectivity index is 2.22. The van der Waals surface area contributed by atoms with E-state index in [1.54, 1.807) is 7.11 Å². The number of carbonyl (C=O) groups is 1. The lowest BCUT2D eigenvalue weighted by atomic mass is 9.89. The van der Waals surface area contributed by atoms with Crippen LogP contribution in [-0.4, -0.2) is 33.6 Å². The molecule has 1 aliphatic rings. The predicted octanol–water partition coefficient (Wildman–Crippen LogP) is 2.83. The summed E-state index contributed by atoms with van der Waals surface area (Å²) in [6, 6.07) is 2.18. The van der Waals surface area contributed by atoms with Crippen molar-refractivity contribution in [3.63, 3.8) is 0 Å². The molecule has 1 aliphatic carbocycles. The van der Waals surface area contributed by atoms with Gasteiger partial charge in [0.05, 0.1) is 26.6 Å². The highest BCUT2D eigenvalue weighted by Gasteiger charge is 2.31. The van der Waals surface area contributed by atoms with E-state index in [0.717, 1.165) is 12.1 Å². The maximum Gasteiger partial charge on any atom is 0.261 e. The van der Waals surface area contributed by atoms with Gasteiger partial charge in [0.2, 0.25) is 0 Å². The van der Waals surface area contributed by atoms with E-state index in [4.69, 9.17) is 38.6 Å². The van der Waals surface area contributed by atoms with Crippen LogP contribution >= 0.6 is 33.9 Å². The molecule has 21 heavy (non-hydrogen) atoms. The Morgan fingerprint density at radius 1 is 1.33 bits per heavy atom. The lowest BCUT2D eigenvalue weighted by Crippen LogP contribution is -2.47. The summed E-state index contributed by atoms with van der Waals surface area (Å²) < 4.78 is 27.8. The largest absolute Gasteiger partial charge is 0.381 e. The van der Waals surface area contributed by atoms with Crippen molar-refractivity contribution in [3.05, 3.63) is 27.7 Å². The van der Waals surface area contributed by atoms with Crippen molar-refractivity contribution in [1.29, 1.82) is 0 Å². The monoisotopic (exact) mass is 371 g/mol. The minimum Gasteiger partial charge on any atom is -0.381 e. The Bertz CT molecular complexity index is 671. The number of halogens is 3. The van der Waals surface area contributed by atoms with E-state index in [0.29, 0.717) is 12.8 Å². The summed E-state index contributed by atoms with van der Waals surface area (Å²) in [5.41, 5.74) is -0.0238. The molecule has 2 rings (SSSR count). The maximum absolute atomic E-state index is 12.2. The normalized spacial score (nSPS) is 21.7. The van der Waals surface area contributed by atoms with Gasteiger partial charge in [-0.3, -0.25) is 4.79 Å². The van der Waals surface area contributed by atoms with Gasteiger partial charge < -0.3 is 10.1 Å². The van der Waals surface area contributed by atoms with Crippen LogP contribution in [0.3, 0.4) is 0 Å². The molecule has 0 aliphatic heterocycles. The number of carbonyl (C=O) groups excluding carboxylic acids is 1. The Labute approximate surface area is 136 Å². The molecule has 0 unspecified atom stereocenters. The number of rotatable bonds is 4. The van der Waals surface area contributed by atoms with E-state index < -0.39 is 15.0 Å². The van der Waals surface area contributed by atoms with Crippen molar-refractivity contribution in [3.8, 4) is 0 Å². The average molecular weight is 373 g/mol. The first-order valence-corrected chi connectivity index (χ1v) is 9.06. The first kappa shape index (κ1) is 16.8. The van der Waals surface area contributed by atoms with Gasteiger partial charge in [0.25, 0.3) is 15.0 Å². The molecule has 0 atom stereocenters. The second-order valence-corrected chi connectivity index (χ2v) is 8.06. The van der Waals surface area contributed by atoms with Crippen LogP contribution in [0.25, 0.3) is 0 Å². The van der Waals surface area contributed by atoms with E-state index in [1.807, 2.05) is 0 Å². The van der Waals surface area contributed by atoms with E-state index >= 15 is 0 Å². The number of methoxy groups -OCH3 is 1. The molecule has 0 radical (unpaired) electrons. The minimum absolute atomic E-state index is 0.0131. The summed E-state index contributed by atoms with van der Waals surface area (Å²) in [5, 5.41) is 2.68. The third kappa shape index (κ3) is 3.81. The van der Waals surface area contributed by atoms with Crippen LogP contribution in [0.5, 0.6) is 0 Å². The van der Waals surface area contributed by atoms with Gasteiger partial charge in [0, 0.05) is 23.8 Å². The molecule has 0 aromatic heterocycles. The van der Waals surface area contributed by atoms with Crippen LogP contribution in [0.15, 0.2) is 17.0 Å². The van der Waals surface area contributed by atoms with Gasteiger partial charge in [-0.05, 0) is 25.0 Å². The molecule has 0 heterocycles. The topological polar surface area (TPSA) is 72.5 Å². The molecule has 1 saturated carbocycles. The fourth-order valence-electron chi connectivity index (χ4n) is 2.01. The van der Waals surface area contributed by atoms with Gasteiger partial charge >= 0.3 is 0 Å². The smallest absolute Gasteiger partial charge is 0.261 e. The SMILES string of the molecule is COC1CC(NC(=O)c2cc(S(=O)(=O)Cl)cc(Cl)c2Cl)C1. The molecular weight excluding hydrogens is 361 g/mol. The fourth-order valence-corrected chi connectivity index (χ4v) is 3.27. The molecule has 1 N–H and O–H groups in total. The van der Waals surface area contributed by atoms with Crippen molar-refractivity contribution >= 4 is 48.8 Å². The highest BCUT2D eigenvalue weighted by atomic mass is 35.7. The lowest BCUT2D eigenvalue weighted by Gasteiger charge is -2.34. The summed E-state index contributed by atoms with van der Waals surface area (Å²) in [4.78, 5) is 11.9. The van der Waals surface area contributed by atoms with Crippen LogP contribution in [0.4, 0.5) is 0 Å². The summed E-state index contributed by atoms with van der Waals surface area (Å²) >= 11 is 11.8. The number of ether oxygens (including phenoxy) is 1. The van der Waals surface area contributed by atoms with E-state index in [2.05, 4.69) is 5.32 Å². The van der Waals surface area contributed by atoms with E-state index in [1.165, 1.54) is 0 Å². The van der Waals surface area contributed by atoms with Gasteiger partial charge in [-0.15, -0.1) is 0 Å². The molecule has 1 aromatic rings. The molecule has 9 heteroatoms. The predicted molar refractivity (Wildman–Crippen MR) is 80.8 cm³/mol. The van der Waals surface area contributed by atoms with Crippen LogP contribution in [0, 0.1) is 0 Å². The third-order valence-corrected chi connectivity index (χ3v) is 5.43. The molecule has 1 fully saturated rings. The number of benzene rings is 1. The van der Waals surface area contributed by atoms with Gasteiger partial charge in [-0.25, -0.2) is 8.42 Å². The van der Waals surface area contributed by atoms with Gasteiger partial charge in [-0.1, -0.05) is 23.2 Å². The molecule has 0 saturated heterocycles. The van der Waals surface area contributed by atoms with Crippen molar-refractivity contribution in [1.82, 2.24) is 5.32 Å². The number of hydrogen-bond acceptors (Lipinski definition) is 4. The van der Waals surface area contributed by atoms with Crippen LogP contribution < -0.4 is 5.32 Å². The second kappa shape index (κ2) is 6.30. The quantitative estimate of drug-likeness (QED) is 0.825. The van der Waals surface area contributed by atoms with Crippen LogP contribution in [0.1, 0.15) is 23.2 Å². The maximum atomic E-state index is 12.2. The summed E-state index contributed by atoms with van der Waals surface area (Å²) in [7, 11) is 2.87. The Morgan fingerprint density at radius 3 is 2.48 bits per heavy atom. The Kier molecular flexibility index (Phi) is 5.05. The first-order valence-electron chi connectivity index (χ1n) is 5.99. The number of nitrogens with one attached hydrogen (secondary N) is 1. The summed E-state index contributed by atoms with van der Waals surface area (Å²) in [6.45, 7) is 0. The highest BCUT2D eigenvalue weighted by molar-refractivity contribution is 8.13. The van der Waals surface area contributed by atoms with Crippen LogP contribution in [-0.2, 0) is 13.8 Å². The second-order valence-electron chi connectivity index (χ2n) is 4.70. The highest BCUT2D eigenvalue weighted by Crippen LogP contribution is 2.31. The zero-order chi connectivity index (χ0) is 15.8. The molecule has 0 bridgehead atoms. The van der Waals surface area contributed by atoms with Crippen molar-refractivity contribution in [2.45, 2.75) is 29.9 Å². The summed E-state index contributed by atoms with van der Waals surface area (Å²) in [5.74, 6) is -0.497. The van der Waals surface area contributed by atoms with Crippen molar-refractivity contribution in [2.75, 3.05) is 7.11 Å². The van der Waals surface area contributed by atoms with E-state index in [-0.39, 0.29) is 32.7 Å². The zero-order valence-corrected chi connectivity index (χ0v) is 14.0. The number of hydrogen-bond donors (Lipinski definition) is 1. The fraction of sp³-hybridized carbons (Fsp3) is 0.417. The molecule has 1 amide bonds. The van der Waals surface area contributed by atoms with Gasteiger partial charge in [0.15, 0.2) is 0 Å². The number of amides is 1. The Hall–Kier alpha value is -0.530. The molecule has 5 nitrogen and oxygen atoms in total. The van der Waals surface area contributed by atoms with Crippen LogP contribution in [0.2, 0.25) is 10.0 Å². The first-order chi connectivity index (χ1) is 9.72. The van der Waals surface area contributed by atoms with Crippen molar-refractivity contribution < 1.29 is 17.9 Å².